The second-order valence-corrected chi connectivity index (χ2v) is 12.3. The van der Waals surface area contributed by atoms with Crippen LogP contribution in [-0.4, -0.2) is 0 Å². The molecule has 6 heteroatoms. The number of rotatable bonds is 4. The van der Waals surface area contributed by atoms with Crippen molar-refractivity contribution in [1.82, 2.24) is 0 Å². The fourth-order valence-electron chi connectivity index (χ4n) is 7.65. The fourth-order valence-corrected chi connectivity index (χ4v) is 7.65. The average Bonchev–Trinajstić information content (AvgIpc) is 2.88. The lowest BCUT2D eigenvalue weighted by atomic mass is 9.67. The summed E-state index contributed by atoms with van der Waals surface area (Å²) in [7, 11) is 0. The van der Waals surface area contributed by atoms with Gasteiger partial charge in [-0.3, -0.25) is 0 Å². The molecule has 0 amide bonds. The quantitative estimate of drug-likeness (QED) is 0.341. The maximum Gasteiger partial charge on any atom is 0.422 e. The molecule has 0 spiro atoms. The molecule has 3 aliphatic rings. The first-order valence-corrected chi connectivity index (χ1v) is 14.5. The van der Waals surface area contributed by atoms with Gasteiger partial charge in [-0.25, -0.2) is 13.2 Å². The van der Waals surface area contributed by atoms with Crippen molar-refractivity contribution in [1.29, 1.82) is 0 Å². The second-order valence-electron chi connectivity index (χ2n) is 12.3. The molecule has 0 aromatic heterocycles. The number of hydrogen-bond donors (Lipinski definition) is 0. The van der Waals surface area contributed by atoms with E-state index in [0.29, 0.717) is 23.3 Å². The number of benzene rings is 2. The Morgan fingerprint density at radius 2 is 1.00 bits per heavy atom. The largest absolute Gasteiger partial charge is 0.422 e. The minimum atomic E-state index is -5.04. The minimum Gasteiger partial charge on any atom is -0.207 e. The lowest BCUT2D eigenvalue weighted by Gasteiger charge is -2.38. The molecule has 0 nitrogen and oxygen atoms in total. The van der Waals surface area contributed by atoms with Gasteiger partial charge in [-0.05, 0) is 135 Å². The summed E-state index contributed by atoms with van der Waals surface area (Å²) in [5, 5.41) is 0. The zero-order valence-corrected chi connectivity index (χ0v) is 22.1. The van der Waals surface area contributed by atoms with Crippen LogP contribution in [0.15, 0.2) is 30.3 Å². The Morgan fingerprint density at radius 3 is 1.50 bits per heavy atom. The highest BCUT2D eigenvalue weighted by molar-refractivity contribution is 5.32. The van der Waals surface area contributed by atoms with E-state index in [2.05, 4.69) is 13.0 Å². The highest BCUT2D eigenvalue weighted by Crippen LogP contribution is 2.47. The van der Waals surface area contributed by atoms with Crippen LogP contribution in [0.5, 0.6) is 0 Å². The van der Waals surface area contributed by atoms with Gasteiger partial charge in [0.1, 0.15) is 23.0 Å². The molecule has 0 unspecified atom stereocenters. The van der Waals surface area contributed by atoms with Crippen LogP contribution in [0.25, 0.3) is 0 Å². The van der Waals surface area contributed by atoms with Crippen LogP contribution in [-0.2, 0) is 6.18 Å². The van der Waals surface area contributed by atoms with Gasteiger partial charge >= 0.3 is 6.18 Å². The molecule has 0 aliphatic heterocycles. The second kappa shape index (κ2) is 11.3. The summed E-state index contributed by atoms with van der Waals surface area (Å²) in [6, 6.07) is 7.71. The topological polar surface area (TPSA) is 0 Å². The van der Waals surface area contributed by atoms with Gasteiger partial charge in [0.15, 0.2) is 0 Å². The SMILES string of the molecule is CC1CCC(c2ccc(C3CCC(C4CCC(c5cc(F)c(C(F)(F)F)c(F)c5)CC4)CC3)c(F)c2)CC1. The van der Waals surface area contributed by atoms with E-state index in [0.717, 1.165) is 93.4 Å². The molecule has 0 bridgehead atoms. The predicted octanol–water partition coefficient (Wildman–Crippen LogP) is 10.7. The van der Waals surface area contributed by atoms with Crippen LogP contribution in [0.3, 0.4) is 0 Å². The summed E-state index contributed by atoms with van der Waals surface area (Å²) in [5.41, 5.74) is 0.529. The summed E-state index contributed by atoms with van der Waals surface area (Å²) in [6.07, 6.45) is 7.01. The Kier molecular flexibility index (Phi) is 8.17. The lowest BCUT2D eigenvalue weighted by Crippen LogP contribution is -2.25. The fraction of sp³-hybridized carbons (Fsp3) is 0.625. The van der Waals surface area contributed by atoms with Crippen molar-refractivity contribution in [3.05, 3.63) is 70.0 Å². The number of hydrogen-bond acceptors (Lipinski definition) is 0. The van der Waals surface area contributed by atoms with Crippen molar-refractivity contribution in [2.24, 2.45) is 17.8 Å². The number of halogens is 6. The van der Waals surface area contributed by atoms with Gasteiger partial charge in [-0.2, -0.15) is 13.2 Å². The van der Waals surface area contributed by atoms with Crippen LogP contribution in [0.1, 0.15) is 124 Å². The smallest absolute Gasteiger partial charge is 0.207 e. The Balaban J connectivity index is 1.14. The molecule has 2 aromatic carbocycles. The molecule has 208 valence electrons. The van der Waals surface area contributed by atoms with E-state index >= 15 is 4.39 Å². The van der Waals surface area contributed by atoms with Crippen molar-refractivity contribution in [2.45, 2.75) is 108 Å². The first-order valence-electron chi connectivity index (χ1n) is 14.5. The summed E-state index contributed by atoms with van der Waals surface area (Å²) in [6.45, 7) is 2.30. The van der Waals surface area contributed by atoms with Gasteiger partial charge < -0.3 is 0 Å². The van der Waals surface area contributed by atoms with Crippen molar-refractivity contribution in [3.63, 3.8) is 0 Å². The van der Waals surface area contributed by atoms with Crippen molar-refractivity contribution < 1.29 is 26.3 Å². The average molecular weight is 537 g/mol. The van der Waals surface area contributed by atoms with Gasteiger partial charge in [0.25, 0.3) is 0 Å². The van der Waals surface area contributed by atoms with E-state index in [1.165, 1.54) is 12.8 Å². The molecule has 3 fully saturated rings. The summed E-state index contributed by atoms with van der Waals surface area (Å²) in [4.78, 5) is 0. The molecular formula is C32H38F6. The molecule has 2 aromatic rings. The van der Waals surface area contributed by atoms with E-state index in [4.69, 9.17) is 0 Å². The van der Waals surface area contributed by atoms with Gasteiger partial charge in [0, 0.05) is 0 Å². The molecule has 38 heavy (non-hydrogen) atoms. The normalized spacial score (nSPS) is 30.8. The summed E-state index contributed by atoms with van der Waals surface area (Å²) in [5.74, 6) is -0.649. The van der Waals surface area contributed by atoms with Gasteiger partial charge in [0.2, 0.25) is 0 Å². The van der Waals surface area contributed by atoms with Crippen LogP contribution < -0.4 is 0 Å². The van der Waals surface area contributed by atoms with Crippen molar-refractivity contribution in [2.75, 3.05) is 0 Å². The van der Waals surface area contributed by atoms with Gasteiger partial charge in [-0.15, -0.1) is 0 Å². The van der Waals surface area contributed by atoms with Crippen molar-refractivity contribution >= 4 is 0 Å². The number of alkyl halides is 3. The molecule has 0 radical (unpaired) electrons. The van der Waals surface area contributed by atoms with E-state index in [1.54, 1.807) is 6.07 Å². The van der Waals surface area contributed by atoms with Crippen LogP contribution in [0, 0.1) is 35.2 Å². The van der Waals surface area contributed by atoms with E-state index in [1.807, 2.05) is 6.07 Å². The van der Waals surface area contributed by atoms with Gasteiger partial charge in [0.05, 0.1) is 0 Å². The van der Waals surface area contributed by atoms with E-state index in [-0.39, 0.29) is 17.7 Å². The Labute approximate surface area is 222 Å². The van der Waals surface area contributed by atoms with Crippen LogP contribution in [0.4, 0.5) is 26.3 Å². The third-order valence-corrected chi connectivity index (χ3v) is 9.98. The Hall–Kier alpha value is -1.98. The van der Waals surface area contributed by atoms with Crippen LogP contribution in [0.2, 0.25) is 0 Å². The Bertz CT molecular complexity index is 1070. The molecular weight excluding hydrogens is 498 g/mol. The molecule has 5 rings (SSSR count). The van der Waals surface area contributed by atoms with Crippen molar-refractivity contribution in [3.8, 4) is 0 Å². The third kappa shape index (κ3) is 5.94. The first kappa shape index (κ1) is 27.6. The van der Waals surface area contributed by atoms with E-state index < -0.39 is 23.4 Å². The zero-order valence-electron chi connectivity index (χ0n) is 22.1. The molecule has 3 saturated carbocycles. The minimum absolute atomic E-state index is 0.0545. The molecule has 0 heterocycles. The lowest BCUT2D eigenvalue weighted by molar-refractivity contribution is -0.142. The Morgan fingerprint density at radius 1 is 0.553 bits per heavy atom. The maximum atomic E-state index is 15.2. The predicted molar refractivity (Wildman–Crippen MR) is 138 cm³/mol. The highest BCUT2D eigenvalue weighted by atomic mass is 19.4. The van der Waals surface area contributed by atoms with Gasteiger partial charge in [-0.1, -0.05) is 31.9 Å². The molecule has 0 atom stereocenters. The third-order valence-electron chi connectivity index (χ3n) is 9.98. The first-order chi connectivity index (χ1) is 18.1. The molecule has 0 N–H and O–H groups in total. The van der Waals surface area contributed by atoms with E-state index in [9.17, 15) is 22.0 Å². The standard InChI is InChI=1S/C32H38F6/c1-19-2-4-22(5-3-19)25-14-15-27(28(33)16-25)24-12-10-21(11-13-24)20-6-8-23(9-7-20)26-17-29(34)31(30(35)18-26)32(36,37)38/h14-24H,2-13H2,1H3. The maximum absolute atomic E-state index is 15.2. The summed E-state index contributed by atoms with van der Waals surface area (Å²) < 4.78 is 82.0. The summed E-state index contributed by atoms with van der Waals surface area (Å²) >= 11 is 0. The zero-order chi connectivity index (χ0) is 27.0. The monoisotopic (exact) mass is 536 g/mol. The molecule has 3 aliphatic carbocycles. The van der Waals surface area contributed by atoms with Crippen LogP contribution >= 0.6 is 0 Å². The molecule has 0 saturated heterocycles. The highest BCUT2D eigenvalue weighted by Gasteiger charge is 2.39.